The van der Waals surface area contributed by atoms with Crippen molar-refractivity contribution in [3.8, 4) is 0 Å². The topological polar surface area (TPSA) is 65.4 Å². The molecule has 1 fully saturated rings. The van der Waals surface area contributed by atoms with Gasteiger partial charge in [-0.15, -0.1) is 0 Å². The average Bonchev–Trinajstić information content (AvgIpc) is 2.77. The van der Waals surface area contributed by atoms with Gasteiger partial charge < -0.3 is 14.8 Å². The van der Waals surface area contributed by atoms with Crippen LogP contribution in [0, 0.1) is 5.82 Å². The van der Waals surface area contributed by atoms with Crippen LogP contribution in [0.25, 0.3) is 10.9 Å². The number of nitrogens with one attached hydrogen (secondary N) is 1. The number of halogens is 1. The van der Waals surface area contributed by atoms with Crippen molar-refractivity contribution >= 4 is 16.6 Å². The highest BCUT2D eigenvalue weighted by Gasteiger charge is 2.19. The molecule has 7 heteroatoms. The van der Waals surface area contributed by atoms with Gasteiger partial charge in [-0.25, -0.2) is 9.37 Å². The van der Waals surface area contributed by atoms with Crippen molar-refractivity contribution in [3.05, 3.63) is 70.5 Å². The Kier molecular flexibility index (Phi) is 6.40. The number of para-hydroxylation sites is 2. The van der Waals surface area contributed by atoms with Crippen molar-refractivity contribution in [1.29, 1.82) is 0 Å². The van der Waals surface area contributed by atoms with Gasteiger partial charge in [-0.05, 0) is 50.5 Å². The number of nitrogens with zero attached hydrogens (tertiary/aromatic N) is 2. The minimum atomic E-state index is -0.384. The van der Waals surface area contributed by atoms with E-state index in [2.05, 4.69) is 5.32 Å². The molecule has 0 saturated carbocycles. The van der Waals surface area contributed by atoms with E-state index >= 15 is 0 Å². The second-order valence-electron chi connectivity index (χ2n) is 7.46. The molecule has 0 amide bonds. The first-order valence-electron chi connectivity index (χ1n) is 10.4. The number of aromatic nitrogens is 2. The molecule has 3 aromatic rings. The van der Waals surface area contributed by atoms with Crippen molar-refractivity contribution in [2.24, 2.45) is 0 Å². The van der Waals surface area contributed by atoms with Crippen LogP contribution in [-0.2, 0) is 16.0 Å². The summed E-state index contributed by atoms with van der Waals surface area (Å²) >= 11 is 0. The highest BCUT2D eigenvalue weighted by atomic mass is 19.1. The molecule has 2 heterocycles. The van der Waals surface area contributed by atoms with E-state index in [0.29, 0.717) is 42.2 Å². The van der Waals surface area contributed by atoms with Crippen LogP contribution in [0.15, 0.2) is 53.3 Å². The Balaban J connectivity index is 1.61. The maximum Gasteiger partial charge on any atom is 0.261 e. The van der Waals surface area contributed by atoms with Gasteiger partial charge in [0.25, 0.3) is 5.56 Å². The zero-order chi connectivity index (χ0) is 20.9. The Morgan fingerprint density at radius 1 is 1.23 bits per heavy atom. The summed E-state index contributed by atoms with van der Waals surface area (Å²) in [5, 5.41) is 3.69. The second kappa shape index (κ2) is 9.36. The minimum absolute atomic E-state index is 0.133. The van der Waals surface area contributed by atoms with Crippen LogP contribution in [0.4, 0.5) is 10.1 Å². The summed E-state index contributed by atoms with van der Waals surface area (Å²) in [5.74, 6) is 0.187. The molecular formula is C23H26FN3O3. The maximum absolute atomic E-state index is 14.1. The normalized spacial score (nSPS) is 17.7. The molecule has 30 heavy (non-hydrogen) atoms. The molecule has 0 unspecified atom stereocenters. The third-order valence-corrected chi connectivity index (χ3v) is 5.28. The van der Waals surface area contributed by atoms with Crippen molar-refractivity contribution in [2.75, 3.05) is 18.5 Å². The van der Waals surface area contributed by atoms with E-state index in [1.54, 1.807) is 28.8 Å². The summed E-state index contributed by atoms with van der Waals surface area (Å²) in [6.07, 6.45) is 2.78. The summed E-state index contributed by atoms with van der Waals surface area (Å²) in [5.41, 5.74) is 0.851. The first kappa shape index (κ1) is 20.5. The number of hydrogen-bond acceptors (Lipinski definition) is 5. The zero-order valence-corrected chi connectivity index (χ0v) is 17.0. The first-order valence-corrected chi connectivity index (χ1v) is 10.4. The van der Waals surface area contributed by atoms with Gasteiger partial charge in [-0.1, -0.05) is 24.3 Å². The van der Waals surface area contributed by atoms with Crippen molar-refractivity contribution in [3.63, 3.8) is 0 Å². The standard InChI is InChI=1S/C23H26FN3O3/c1-16(25-20-11-5-3-9-18(20)24)22-26-19-10-4-2-8-17(19)23(28)27(22)13-15-30-21-12-6-7-14-29-21/h2-5,8-11,16,21,25H,6-7,12-15H2,1H3/t16-,21-/m1/s1. The molecule has 1 N–H and O–H groups in total. The molecule has 1 aliphatic heterocycles. The molecule has 1 saturated heterocycles. The Hall–Kier alpha value is -2.77. The van der Waals surface area contributed by atoms with E-state index in [1.807, 2.05) is 25.1 Å². The van der Waals surface area contributed by atoms with Gasteiger partial charge in [0.2, 0.25) is 0 Å². The third-order valence-electron chi connectivity index (χ3n) is 5.28. The molecule has 2 aromatic carbocycles. The molecule has 0 bridgehead atoms. The number of fused-ring (bicyclic) bond motifs is 1. The smallest absolute Gasteiger partial charge is 0.261 e. The molecule has 1 aromatic heterocycles. The molecule has 0 radical (unpaired) electrons. The lowest BCUT2D eigenvalue weighted by Crippen LogP contribution is -2.31. The molecule has 2 atom stereocenters. The predicted octanol–water partition coefficient (Wildman–Crippen LogP) is 4.25. The Labute approximate surface area is 174 Å². The van der Waals surface area contributed by atoms with Gasteiger partial charge in [-0.2, -0.15) is 0 Å². The fourth-order valence-corrected chi connectivity index (χ4v) is 3.73. The van der Waals surface area contributed by atoms with E-state index in [4.69, 9.17) is 14.5 Å². The minimum Gasteiger partial charge on any atom is -0.373 e. The average molecular weight is 411 g/mol. The van der Waals surface area contributed by atoms with Crippen LogP contribution in [-0.4, -0.2) is 29.1 Å². The maximum atomic E-state index is 14.1. The summed E-state index contributed by atoms with van der Waals surface area (Å²) in [4.78, 5) is 17.9. The van der Waals surface area contributed by atoms with E-state index in [0.717, 1.165) is 19.3 Å². The van der Waals surface area contributed by atoms with Gasteiger partial charge in [0, 0.05) is 6.61 Å². The van der Waals surface area contributed by atoms with Gasteiger partial charge in [0.15, 0.2) is 6.29 Å². The van der Waals surface area contributed by atoms with Crippen LogP contribution in [0.3, 0.4) is 0 Å². The highest BCUT2D eigenvalue weighted by Crippen LogP contribution is 2.21. The lowest BCUT2D eigenvalue weighted by molar-refractivity contribution is -0.163. The van der Waals surface area contributed by atoms with Crippen molar-refractivity contribution < 1.29 is 13.9 Å². The lowest BCUT2D eigenvalue weighted by atomic mass is 10.2. The van der Waals surface area contributed by atoms with Gasteiger partial charge >= 0.3 is 0 Å². The van der Waals surface area contributed by atoms with Crippen molar-refractivity contribution in [2.45, 2.75) is 45.1 Å². The number of hydrogen-bond donors (Lipinski definition) is 1. The summed E-state index contributed by atoms with van der Waals surface area (Å²) in [6, 6.07) is 13.3. The van der Waals surface area contributed by atoms with Gasteiger partial charge in [0.05, 0.1) is 35.8 Å². The first-order chi connectivity index (χ1) is 14.6. The zero-order valence-electron chi connectivity index (χ0n) is 17.0. The largest absolute Gasteiger partial charge is 0.373 e. The fourth-order valence-electron chi connectivity index (χ4n) is 3.73. The van der Waals surface area contributed by atoms with Crippen LogP contribution in [0.2, 0.25) is 0 Å². The molecule has 0 spiro atoms. The monoisotopic (exact) mass is 411 g/mol. The number of anilines is 1. The molecule has 4 rings (SSSR count). The SMILES string of the molecule is C[C@@H](Nc1ccccc1F)c1nc2ccccc2c(=O)n1CCO[C@@H]1CCCCO1. The Bertz CT molecular complexity index is 1060. The quantitative estimate of drug-likeness (QED) is 0.630. The molecule has 6 nitrogen and oxygen atoms in total. The Morgan fingerprint density at radius 3 is 2.83 bits per heavy atom. The summed E-state index contributed by atoms with van der Waals surface area (Å²) in [7, 11) is 0. The van der Waals surface area contributed by atoms with E-state index in [9.17, 15) is 9.18 Å². The number of benzene rings is 2. The number of rotatable bonds is 7. The molecule has 158 valence electrons. The fraction of sp³-hybridized carbons (Fsp3) is 0.391. The molecule has 1 aliphatic rings. The van der Waals surface area contributed by atoms with Crippen LogP contribution >= 0.6 is 0 Å². The summed E-state index contributed by atoms with van der Waals surface area (Å²) < 4.78 is 27.2. The predicted molar refractivity (Wildman–Crippen MR) is 114 cm³/mol. The van der Waals surface area contributed by atoms with E-state index in [-0.39, 0.29) is 23.7 Å². The Morgan fingerprint density at radius 2 is 2.03 bits per heavy atom. The second-order valence-corrected chi connectivity index (χ2v) is 7.46. The third kappa shape index (κ3) is 4.52. The highest BCUT2D eigenvalue weighted by molar-refractivity contribution is 5.77. The number of ether oxygens (including phenoxy) is 2. The molecule has 0 aliphatic carbocycles. The van der Waals surface area contributed by atoms with E-state index in [1.165, 1.54) is 6.07 Å². The van der Waals surface area contributed by atoms with Crippen molar-refractivity contribution in [1.82, 2.24) is 9.55 Å². The van der Waals surface area contributed by atoms with Gasteiger partial charge in [0.1, 0.15) is 11.6 Å². The van der Waals surface area contributed by atoms with Crippen LogP contribution < -0.4 is 10.9 Å². The lowest BCUT2D eigenvalue weighted by Gasteiger charge is -2.24. The van der Waals surface area contributed by atoms with E-state index < -0.39 is 0 Å². The van der Waals surface area contributed by atoms with Crippen LogP contribution in [0.5, 0.6) is 0 Å². The van der Waals surface area contributed by atoms with Gasteiger partial charge in [-0.3, -0.25) is 9.36 Å². The molecular weight excluding hydrogens is 385 g/mol. The summed E-state index contributed by atoms with van der Waals surface area (Å²) in [6.45, 7) is 3.25. The van der Waals surface area contributed by atoms with Crippen LogP contribution in [0.1, 0.15) is 38.1 Å².